The third-order valence-corrected chi connectivity index (χ3v) is 6.84. The Kier molecular flexibility index (Phi) is 5.22. The van der Waals surface area contributed by atoms with E-state index in [1.807, 2.05) is 23.1 Å². The van der Waals surface area contributed by atoms with Crippen LogP contribution in [0.2, 0.25) is 0 Å². The van der Waals surface area contributed by atoms with Gasteiger partial charge in [0.25, 0.3) is 0 Å². The molecule has 3 heterocycles. The van der Waals surface area contributed by atoms with E-state index in [0.717, 1.165) is 45.1 Å². The Labute approximate surface area is 161 Å². The number of likely N-dealkylation sites (tertiary alicyclic amines) is 1. The predicted octanol–water partition coefficient (Wildman–Crippen LogP) is 2.37. The number of benzene rings is 1. The molecule has 0 saturated carbocycles. The smallest absolute Gasteiger partial charge is 0.223 e. The van der Waals surface area contributed by atoms with Gasteiger partial charge in [-0.05, 0) is 44.1 Å². The summed E-state index contributed by atoms with van der Waals surface area (Å²) in [5.74, 6) is 0.434. The Hall–Kier alpha value is -1.88. The number of carbonyl (C=O) groups is 2. The number of carbonyl (C=O) groups excluding carboxylic acids is 2. The number of nitrogens with zero attached hydrogens (tertiary/aromatic N) is 2. The molecule has 5 nitrogen and oxygen atoms in total. The van der Waals surface area contributed by atoms with Crippen LogP contribution < -0.4 is 0 Å². The maximum absolute atomic E-state index is 13.0. The number of amides is 2. The van der Waals surface area contributed by atoms with Crippen LogP contribution in [0.15, 0.2) is 30.3 Å². The molecule has 0 radical (unpaired) electrons. The minimum Gasteiger partial charge on any atom is -0.396 e. The fourth-order valence-electron chi connectivity index (χ4n) is 5.58. The van der Waals surface area contributed by atoms with Gasteiger partial charge in [0.2, 0.25) is 11.8 Å². The largest absolute Gasteiger partial charge is 0.396 e. The molecule has 4 rings (SSSR count). The molecule has 3 aliphatic rings. The number of hydrogen-bond acceptors (Lipinski definition) is 3. The maximum atomic E-state index is 13.0. The Morgan fingerprint density at radius 2 is 2.04 bits per heavy atom. The van der Waals surface area contributed by atoms with E-state index >= 15 is 0 Å². The first-order valence-electron chi connectivity index (χ1n) is 10.4. The average molecular weight is 370 g/mol. The fraction of sp³-hybridized carbons (Fsp3) is 0.636. The molecule has 146 valence electrons. The molecule has 5 heteroatoms. The molecule has 3 saturated heterocycles. The lowest BCUT2D eigenvalue weighted by Gasteiger charge is -2.36. The standard InChI is InChI=1S/C22H30N2O3/c25-16-22(14-17-6-2-1-3-7-17)15-18-10-11-19(22)24(18)21(27)9-5-13-23-12-4-8-20(23)26/h1-3,6-7,18-19,25H,4-5,8-16H2/t18-,19+,22-/m0/s1. The minimum absolute atomic E-state index is 0.134. The van der Waals surface area contributed by atoms with Gasteiger partial charge in [-0.15, -0.1) is 0 Å². The Morgan fingerprint density at radius 1 is 1.22 bits per heavy atom. The highest BCUT2D eigenvalue weighted by Gasteiger charge is 2.56. The molecule has 1 N–H and O–H groups in total. The molecule has 0 unspecified atom stereocenters. The molecule has 0 aromatic heterocycles. The Bertz CT molecular complexity index is 692. The highest BCUT2D eigenvalue weighted by atomic mass is 16.3. The van der Waals surface area contributed by atoms with Crippen molar-refractivity contribution >= 4 is 11.8 Å². The van der Waals surface area contributed by atoms with Crippen LogP contribution in [-0.2, 0) is 16.0 Å². The quantitative estimate of drug-likeness (QED) is 0.802. The van der Waals surface area contributed by atoms with E-state index in [0.29, 0.717) is 19.4 Å². The third kappa shape index (κ3) is 3.49. The van der Waals surface area contributed by atoms with Crippen molar-refractivity contribution in [2.24, 2.45) is 5.41 Å². The first-order chi connectivity index (χ1) is 13.1. The third-order valence-electron chi connectivity index (χ3n) is 6.84. The van der Waals surface area contributed by atoms with E-state index in [-0.39, 0.29) is 35.9 Å². The van der Waals surface area contributed by atoms with Gasteiger partial charge in [0.05, 0.1) is 6.61 Å². The van der Waals surface area contributed by atoms with Crippen molar-refractivity contribution in [3.8, 4) is 0 Å². The van der Waals surface area contributed by atoms with E-state index in [1.165, 1.54) is 5.56 Å². The van der Waals surface area contributed by atoms with Gasteiger partial charge in [-0.3, -0.25) is 9.59 Å². The molecule has 27 heavy (non-hydrogen) atoms. The highest BCUT2D eigenvalue weighted by Crippen LogP contribution is 2.51. The maximum Gasteiger partial charge on any atom is 0.223 e. The van der Waals surface area contributed by atoms with Crippen LogP contribution in [-0.4, -0.2) is 58.5 Å². The van der Waals surface area contributed by atoms with Crippen LogP contribution in [0.25, 0.3) is 0 Å². The number of aliphatic hydroxyl groups is 1. The lowest BCUT2D eigenvalue weighted by molar-refractivity contribution is -0.134. The van der Waals surface area contributed by atoms with Crippen molar-refractivity contribution in [1.29, 1.82) is 0 Å². The van der Waals surface area contributed by atoms with Gasteiger partial charge in [-0.1, -0.05) is 30.3 Å². The molecular weight excluding hydrogens is 340 g/mol. The zero-order chi connectivity index (χ0) is 18.9. The predicted molar refractivity (Wildman–Crippen MR) is 103 cm³/mol. The van der Waals surface area contributed by atoms with Crippen molar-refractivity contribution in [3.63, 3.8) is 0 Å². The fourth-order valence-corrected chi connectivity index (χ4v) is 5.58. The van der Waals surface area contributed by atoms with E-state index in [9.17, 15) is 14.7 Å². The summed E-state index contributed by atoms with van der Waals surface area (Å²) < 4.78 is 0. The summed E-state index contributed by atoms with van der Waals surface area (Å²) in [6, 6.07) is 10.7. The zero-order valence-corrected chi connectivity index (χ0v) is 16.0. The van der Waals surface area contributed by atoms with Crippen molar-refractivity contribution in [1.82, 2.24) is 9.80 Å². The summed E-state index contributed by atoms with van der Waals surface area (Å²) in [4.78, 5) is 28.7. The Balaban J connectivity index is 1.38. The van der Waals surface area contributed by atoms with Crippen LogP contribution >= 0.6 is 0 Å². The lowest BCUT2D eigenvalue weighted by atomic mass is 9.70. The first kappa shape index (κ1) is 18.5. The normalized spacial score (nSPS) is 29.7. The SMILES string of the molecule is O=C1CCCN1CCCC(=O)N1[C@H]2CC[C@@H]1[C@@](CO)(Cc1ccccc1)C2. The Morgan fingerprint density at radius 3 is 2.74 bits per heavy atom. The van der Waals surface area contributed by atoms with Crippen molar-refractivity contribution in [2.45, 2.75) is 63.5 Å². The average Bonchev–Trinajstić information content (AvgIpc) is 3.36. The summed E-state index contributed by atoms with van der Waals surface area (Å²) in [7, 11) is 0. The molecule has 1 aromatic rings. The topological polar surface area (TPSA) is 60.9 Å². The van der Waals surface area contributed by atoms with Crippen LogP contribution in [0.3, 0.4) is 0 Å². The summed E-state index contributed by atoms with van der Waals surface area (Å²) in [6.45, 7) is 1.67. The summed E-state index contributed by atoms with van der Waals surface area (Å²) in [6.07, 6.45) is 6.63. The van der Waals surface area contributed by atoms with Gasteiger partial charge in [0, 0.05) is 43.4 Å². The van der Waals surface area contributed by atoms with E-state index in [1.54, 1.807) is 0 Å². The van der Waals surface area contributed by atoms with Crippen molar-refractivity contribution in [2.75, 3.05) is 19.7 Å². The van der Waals surface area contributed by atoms with Crippen LogP contribution in [0, 0.1) is 5.41 Å². The second-order valence-corrected chi connectivity index (χ2v) is 8.52. The minimum atomic E-state index is -0.204. The molecule has 1 aromatic carbocycles. The van der Waals surface area contributed by atoms with Gasteiger partial charge in [0.15, 0.2) is 0 Å². The summed E-state index contributed by atoms with van der Waals surface area (Å²) >= 11 is 0. The first-order valence-corrected chi connectivity index (χ1v) is 10.4. The molecule has 0 spiro atoms. The number of aliphatic hydroxyl groups excluding tert-OH is 1. The summed E-state index contributed by atoms with van der Waals surface area (Å²) in [5, 5.41) is 10.3. The molecule has 2 bridgehead atoms. The highest BCUT2D eigenvalue weighted by molar-refractivity contribution is 5.79. The van der Waals surface area contributed by atoms with Gasteiger partial charge >= 0.3 is 0 Å². The van der Waals surface area contributed by atoms with E-state index in [4.69, 9.17) is 0 Å². The molecule has 0 aliphatic carbocycles. The second kappa shape index (κ2) is 7.63. The number of rotatable bonds is 7. The molecule has 3 fully saturated rings. The van der Waals surface area contributed by atoms with Crippen molar-refractivity contribution < 1.29 is 14.7 Å². The zero-order valence-electron chi connectivity index (χ0n) is 16.0. The van der Waals surface area contributed by atoms with Crippen LogP contribution in [0.5, 0.6) is 0 Å². The van der Waals surface area contributed by atoms with Crippen LogP contribution in [0.1, 0.15) is 50.5 Å². The van der Waals surface area contributed by atoms with Crippen LogP contribution in [0.4, 0.5) is 0 Å². The molecule has 3 atom stereocenters. The summed E-state index contributed by atoms with van der Waals surface area (Å²) in [5.41, 5.74) is 1.03. The van der Waals surface area contributed by atoms with E-state index in [2.05, 4.69) is 17.0 Å². The molecular formula is C22H30N2O3. The second-order valence-electron chi connectivity index (χ2n) is 8.52. The van der Waals surface area contributed by atoms with E-state index < -0.39 is 0 Å². The lowest BCUT2D eigenvalue weighted by Crippen LogP contribution is -2.44. The number of fused-ring (bicyclic) bond motifs is 2. The number of hydrogen-bond donors (Lipinski definition) is 1. The molecule has 3 aliphatic heterocycles. The molecule has 2 amide bonds. The monoisotopic (exact) mass is 370 g/mol. The van der Waals surface area contributed by atoms with Crippen molar-refractivity contribution in [3.05, 3.63) is 35.9 Å². The van der Waals surface area contributed by atoms with Gasteiger partial charge in [0.1, 0.15) is 0 Å². The van der Waals surface area contributed by atoms with Gasteiger partial charge < -0.3 is 14.9 Å². The van der Waals surface area contributed by atoms with Gasteiger partial charge in [-0.2, -0.15) is 0 Å². The van der Waals surface area contributed by atoms with Gasteiger partial charge in [-0.25, -0.2) is 0 Å².